The first-order chi connectivity index (χ1) is 9.63. The summed E-state index contributed by atoms with van der Waals surface area (Å²) in [6, 6.07) is 7.35. The van der Waals surface area contributed by atoms with E-state index in [1.165, 1.54) is 0 Å². The summed E-state index contributed by atoms with van der Waals surface area (Å²) in [7, 11) is 0. The summed E-state index contributed by atoms with van der Waals surface area (Å²) < 4.78 is 7.15. The van der Waals surface area contributed by atoms with Gasteiger partial charge in [-0.3, -0.25) is 9.48 Å². The van der Waals surface area contributed by atoms with Crippen LogP contribution < -0.4 is 4.74 Å². The summed E-state index contributed by atoms with van der Waals surface area (Å²) in [4.78, 5) is 11.1. The van der Waals surface area contributed by atoms with Gasteiger partial charge in [0.25, 0.3) is 0 Å². The van der Waals surface area contributed by atoms with Gasteiger partial charge in [-0.15, -0.1) is 0 Å². The molecule has 1 heterocycles. The van der Waals surface area contributed by atoms with Gasteiger partial charge >= 0.3 is 0 Å². The van der Waals surface area contributed by atoms with Crippen LogP contribution in [0.4, 0.5) is 0 Å². The quantitative estimate of drug-likeness (QED) is 0.765. The molecule has 1 aromatic carbocycles. The maximum atomic E-state index is 11.1. The van der Waals surface area contributed by atoms with Gasteiger partial charge in [0.05, 0.1) is 5.56 Å². The van der Waals surface area contributed by atoms with Crippen molar-refractivity contribution in [2.45, 2.75) is 13.5 Å². The van der Waals surface area contributed by atoms with E-state index in [2.05, 4.69) is 11.7 Å². The van der Waals surface area contributed by atoms with Crippen LogP contribution in [-0.4, -0.2) is 22.7 Å². The Morgan fingerprint density at radius 2 is 2.15 bits per heavy atom. The van der Waals surface area contributed by atoms with Crippen molar-refractivity contribution in [1.29, 1.82) is 0 Å². The van der Waals surface area contributed by atoms with Crippen molar-refractivity contribution < 1.29 is 9.53 Å². The smallest absolute Gasteiger partial charge is 0.153 e. The predicted molar refractivity (Wildman–Crippen MR) is 79.2 cm³/mol. The lowest BCUT2D eigenvalue weighted by molar-refractivity contribution is 0.112. The normalized spacial score (nSPS) is 10.3. The molecule has 5 heteroatoms. The fourth-order valence-corrected chi connectivity index (χ4v) is 1.83. The van der Waals surface area contributed by atoms with Gasteiger partial charge in [-0.2, -0.15) is 5.10 Å². The fraction of sp³-hybridized carbons (Fsp3) is 0.200. The van der Waals surface area contributed by atoms with E-state index in [4.69, 9.17) is 16.3 Å². The van der Waals surface area contributed by atoms with Crippen LogP contribution in [0, 0.1) is 0 Å². The Kier molecular flexibility index (Phi) is 4.58. The highest BCUT2D eigenvalue weighted by molar-refractivity contribution is 6.29. The molecule has 0 bridgehead atoms. The molecule has 0 fully saturated rings. The van der Waals surface area contributed by atoms with Crippen molar-refractivity contribution in [3.05, 3.63) is 47.6 Å². The fourth-order valence-electron chi connectivity index (χ4n) is 1.78. The number of carbonyl (C=O) groups excluding carboxylic acids is 1. The van der Waals surface area contributed by atoms with Gasteiger partial charge in [0.15, 0.2) is 6.29 Å². The molecule has 2 rings (SSSR count). The van der Waals surface area contributed by atoms with E-state index in [1.54, 1.807) is 10.9 Å². The first-order valence-corrected chi connectivity index (χ1v) is 6.61. The largest absolute Gasteiger partial charge is 0.488 e. The van der Waals surface area contributed by atoms with E-state index in [0.29, 0.717) is 22.0 Å². The van der Waals surface area contributed by atoms with E-state index in [-0.39, 0.29) is 6.61 Å². The second-order valence-corrected chi connectivity index (χ2v) is 4.77. The van der Waals surface area contributed by atoms with Crippen LogP contribution in [-0.2, 0) is 6.54 Å². The SMILES string of the molecule is C=C(Cl)COc1ccc(-c2nn(CC)cc2C=O)cc1. The zero-order chi connectivity index (χ0) is 14.5. The summed E-state index contributed by atoms with van der Waals surface area (Å²) >= 11 is 5.64. The molecule has 2 aromatic rings. The first kappa shape index (κ1) is 14.3. The molecule has 1 aromatic heterocycles. The Balaban J connectivity index is 2.23. The average molecular weight is 291 g/mol. The number of hydrogen-bond acceptors (Lipinski definition) is 3. The van der Waals surface area contributed by atoms with Crippen LogP contribution in [0.15, 0.2) is 42.1 Å². The maximum Gasteiger partial charge on any atom is 0.153 e. The summed E-state index contributed by atoms with van der Waals surface area (Å²) in [6.07, 6.45) is 2.56. The highest BCUT2D eigenvalue weighted by Gasteiger charge is 2.10. The Labute approximate surface area is 122 Å². The second kappa shape index (κ2) is 6.39. The molecule has 0 atom stereocenters. The van der Waals surface area contributed by atoms with Crippen LogP contribution in [0.25, 0.3) is 11.3 Å². The molecule has 0 N–H and O–H groups in total. The van der Waals surface area contributed by atoms with E-state index >= 15 is 0 Å². The topological polar surface area (TPSA) is 44.1 Å². The van der Waals surface area contributed by atoms with E-state index in [1.807, 2.05) is 31.2 Å². The third-order valence-electron chi connectivity index (χ3n) is 2.76. The predicted octanol–water partition coefficient (Wildman–Crippen LogP) is 3.51. The Morgan fingerprint density at radius 1 is 1.45 bits per heavy atom. The van der Waals surface area contributed by atoms with Gasteiger partial charge in [-0.05, 0) is 31.2 Å². The lowest BCUT2D eigenvalue weighted by Gasteiger charge is -2.05. The van der Waals surface area contributed by atoms with Crippen molar-refractivity contribution >= 4 is 17.9 Å². The molecule has 0 radical (unpaired) electrons. The Hall–Kier alpha value is -2.07. The molecule has 0 saturated carbocycles. The third-order valence-corrected chi connectivity index (χ3v) is 2.87. The minimum Gasteiger partial charge on any atom is -0.488 e. The van der Waals surface area contributed by atoms with E-state index in [0.717, 1.165) is 18.4 Å². The van der Waals surface area contributed by atoms with Crippen molar-refractivity contribution in [2.24, 2.45) is 0 Å². The molecule has 104 valence electrons. The van der Waals surface area contributed by atoms with Gasteiger partial charge in [-0.25, -0.2) is 0 Å². The number of ether oxygens (including phenoxy) is 1. The number of rotatable bonds is 6. The molecular weight excluding hydrogens is 276 g/mol. The minimum atomic E-state index is 0.269. The first-order valence-electron chi connectivity index (χ1n) is 6.23. The second-order valence-electron chi connectivity index (χ2n) is 4.24. The van der Waals surface area contributed by atoms with Gasteiger partial charge < -0.3 is 4.74 Å². The number of carbonyl (C=O) groups is 1. The van der Waals surface area contributed by atoms with Gasteiger partial charge in [-0.1, -0.05) is 18.2 Å². The zero-order valence-corrected chi connectivity index (χ0v) is 11.9. The summed E-state index contributed by atoms with van der Waals surface area (Å²) in [5.74, 6) is 0.693. The van der Waals surface area contributed by atoms with Crippen LogP contribution >= 0.6 is 11.6 Å². The maximum absolute atomic E-state index is 11.1. The monoisotopic (exact) mass is 290 g/mol. The van der Waals surface area contributed by atoms with Crippen LogP contribution in [0.2, 0.25) is 0 Å². The van der Waals surface area contributed by atoms with Gasteiger partial charge in [0, 0.05) is 23.3 Å². The van der Waals surface area contributed by atoms with Crippen LogP contribution in [0.5, 0.6) is 5.75 Å². The summed E-state index contributed by atoms with van der Waals surface area (Å²) in [5.41, 5.74) is 2.13. The molecule has 4 nitrogen and oxygen atoms in total. The summed E-state index contributed by atoms with van der Waals surface area (Å²) in [5, 5.41) is 4.83. The van der Waals surface area contributed by atoms with Gasteiger partial charge in [0.1, 0.15) is 18.1 Å². The number of nitrogens with zero attached hydrogens (tertiary/aromatic N) is 2. The van der Waals surface area contributed by atoms with Crippen molar-refractivity contribution in [2.75, 3.05) is 6.61 Å². The molecule has 0 spiro atoms. The molecule has 0 unspecified atom stereocenters. The minimum absolute atomic E-state index is 0.269. The van der Waals surface area contributed by atoms with E-state index < -0.39 is 0 Å². The summed E-state index contributed by atoms with van der Waals surface area (Å²) in [6.45, 7) is 6.52. The molecule has 0 amide bonds. The molecule has 0 aliphatic carbocycles. The number of benzene rings is 1. The van der Waals surface area contributed by atoms with Crippen molar-refractivity contribution in [3.63, 3.8) is 0 Å². The number of aryl methyl sites for hydroxylation is 1. The van der Waals surface area contributed by atoms with Crippen LogP contribution in [0.1, 0.15) is 17.3 Å². The Bertz CT molecular complexity index is 617. The molecule has 20 heavy (non-hydrogen) atoms. The number of aldehydes is 1. The Morgan fingerprint density at radius 3 is 2.70 bits per heavy atom. The standard InChI is InChI=1S/C15H15ClN2O2/c1-3-18-8-13(9-19)15(17-18)12-4-6-14(7-5-12)20-10-11(2)16/h4-9H,2-3,10H2,1H3. The van der Waals surface area contributed by atoms with E-state index in [9.17, 15) is 4.79 Å². The van der Waals surface area contributed by atoms with Crippen molar-refractivity contribution in [3.8, 4) is 17.0 Å². The third kappa shape index (κ3) is 3.27. The highest BCUT2D eigenvalue weighted by Crippen LogP contribution is 2.24. The highest BCUT2D eigenvalue weighted by atomic mass is 35.5. The number of hydrogen-bond donors (Lipinski definition) is 0. The lowest BCUT2D eigenvalue weighted by atomic mass is 10.1. The van der Waals surface area contributed by atoms with Crippen molar-refractivity contribution in [1.82, 2.24) is 9.78 Å². The molecule has 0 saturated heterocycles. The molecular formula is C15H15ClN2O2. The average Bonchev–Trinajstić information content (AvgIpc) is 2.89. The number of aromatic nitrogens is 2. The lowest BCUT2D eigenvalue weighted by Crippen LogP contribution is -1.96. The van der Waals surface area contributed by atoms with Crippen LogP contribution in [0.3, 0.4) is 0 Å². The van der Waals surface area contributed by atoms with Gasteiger partial charge in [0.2, 0.25) is 0 Å². The zero-order valence-electron chi connectivity index (χ0n) is 11.2. The molecule has 0 aliphatic heterocycles. The number of halogens is 1. The molecule has 0 aliphatic rings.